The summed E-state index contributed by atoms with van der Waals surface area (Å²) in [7, 11) is 0. The predicted molar refractivity (Wildman–Crippen MR) is 135 cm³/mol. The molecule has 1 aliphatic carbocycles. The molecule has 7 nitrogen and oxygen atoms in total. The molecule has 0 spiro atoms. The van der Waals surface area contributed by atoms with E-state index in [1.165, 1.54) is 0 Å². The summed E-state index contributed by atoms with van der Waals surface area (Å²) in [6.07, 6.45) is 2.54. The minimum atomic E-state index is -0.730. The van der Waals surface area contributed by atoms with Crippen LogP contribution in [0.3, 0.4) is 0 Å². The molecule has 1 saturated carbocycles. The van der Waals surface area contributed by atoms with Crippen molar-refractivity contribution in [1.82, 2.24) is 15.0 Å². The van der Waals surface area contributed by atoms with E-state index in [9.17, 15) is 9.90 Å². The van der Waals surface area contributed by atoms with Crippen molar-refractivity contribution in [2.75, 3.05) is 6.61 Å². The van der Waals surface area contributed by atoms with Crippen molar-refractivity contribution in [1.29, 1.82) is 0 Å². The van der Waals surface area contributed by atoms with Crippen LogP contribution in [0.15, 0.2) is 54.6 Å². The van der Waals surface area contributed by atoms with Gasteiger partial charge in [0.15, 0.2) is 5.65 Å². The molecule has 2 N–H and O–H groups in total. The summed E-state index contributed by atoms with van der Waals surface area (Å²) in [5.74, 6) is -0.159. The van der Waals surface area contributed by atoms with Crippen LogP contribution in [-0.4, -0.2) is 38.7 Å². The third-order valence-corrected chi connectivity index (χ3v) is 6.65. The summed E-state index contributed by atoms with van der Waals surface area (Å²) in [4.78, 5) is 23.5. The Morgan fingerprint density at radius 3 is 2.26 bits per heavy atom. The van der Waals surface area contributed by atoms with E-state index in [2.05, 4.69) is 15.0 Å². The number of fused-ring (bicyclic) bond motifs is 1. The van der Waals surface area contributed by atoms with Gasteiger partial charge in [0.05, 0.1) is 28.8 Å². The zero-order valence-electron chi connectivity index (χ0n) is 19.3. The number of rotatable bonds is 7. The second-order valence-electron chi connectivity index (χ2n) is 8.70. The fourth-order valence-electron chi connectivity index (χ4n) is 4.47. The van der Waals surface area contributed by atoms with Crippen LogP contribution < -0.4 is 9.47 Å². The van der Waals surface area contributed by atoms with Gasteiger partial charge in [0.25, 0.3) is 6.01 Å². The van der Waals surface area contributed by atoms with Gasteiger partial charge in [-0.25, -0.2) is 4.98 Å². The summed E-state index contributed by atoms with van der Waals surface area (Å²) in [6.45, 7) is 2.61. The SMILES string of the molecule is CCOc1ccc(-c2ccc(-c3nc4nc(O[C@H]5CC[C@H](C(=O)O)CC5)[nH]c4cc3Cl)cc2)cc1. The molecule has 4 aromatic rings. The van der Waals surface area contributed by atoms with E-state index < -0.39 is 5.97 Å². The summed E-state index contributed by atoms with van der Waals surface area (Å²) >= 11 is 6.57. The number of aliphatic carboxylic acids is 1. The lowest BCUT2D eigenvalue weighted by Gasteiger charge is -2.25. The molecule has 2 heterocycles. The minimum absolute atomic E-state index is 0.0590. The van der Waals surface area contributed by atoms with Crippen LogP contribution in [0.1, 0.15) is 32.6 Å². The molecule has 0 atom stereocenters. The number of hydrogen-bond donors (Lipinski definition) is 2. The second-order valence-corrected chi connectivity index (χ2v) is 9.10. The number of ether oxygens (including phenoxy) is 2. The molecule has 5 rings (SSSR count). The zero-order chi connectivity index (χ0) is 24.4. The Morgan fingerprint density at radius 2 is 1.63 bits per heavy atom. The van der Waals surface area contributed by atoms with Gasteiger partial charge < -0.3 is 19.6 Å². The molecule has 1 fully saturated rings. The van der Waals surface area contributed by atoms with E-state index in [1.807, 2.05) is 55.5 Å². The molecule has 180 valence electrons. The number of hydrogen-bond acceptors (Lipinski definition) is 5. The zero-order valence-corrected chi connectivity index (χ0v) is 20.1. The number of nitrogens with zero attached hydrogens (tertiary/aromatic N) is 2. The first kappa shape index (κ1) is 23.2. The number of H-pyrrole nitrogens is 1. The van der Waals surface area contributed by atoms with E-state index in [1.54, 1.807) is 6.07 Å². The van der Waals surface area contributed by atoms with Crippen molar-refractivity contribution in [3.05, 3.63) is 59.6 Å². The van der Waals surface area contributed by atoms with Crippen LogP contribution in [-0.2, 0) is 4.79 Å². The molecule has 2 aromatic heterocycles. The number of nitrogens with one attached hydrogen (secondary N) is 1. The highest BCUT2D eigenvalue weighted by atomic mass is 35.5. The van der Waals surface area contributed by atoms with Crippen molar-refractivity contribution in [3.63, 3.8) is 0 Å². The van der Waals surface area contributed by atoms with Crippen LogP contribution in [0.4, 0.5) is 0 Å². The standard InChI is InChI=1S/C27H26ClN3O4/c1-2-34-20-11-7-17(8-12-20)16-3-5-18(6-4-16)24-22(28)15-23-25(30-24)31-27(29-23)35-21-13-9-19(10-14-21)26(32)33/h3-8,11-12,15,19,21H,2,9-10,13-14H2,1H3,(H,32,33)(H,29,30,31)/t19-,21-. The molecule has 0 saturated heterocycles. The van der Waals surface area contributed by atoms with E-state index in [0.29, 0.717) is 60.2 Å². The van der Waals surface area contributed by atoms with E-state index in [0.717, 1.165) is 22.4 Å². The highest BCUT2D eigenvalue weighted by Crippen LogP contribution is 2.32. The average molecular weight is 492 g/mol. The molecule has 0 aliphatic heterocycles. The fourth-order valence-corrected chi connectivity index (χ4v) is 4.73. The van der Waals surface area contributed by atoms with Gasteiger partial charge in [-0.1, -0.05) is 48.0 Å². The highest BCUT2D eigenvalue weighted by Gasteiger charge is 2.27. The Morgan fingerprint density at radius 1 is 1.00 bits per heavy atom. The van der Waals surface area contributed by atoms with E-state index >= 15 is 0 Å². The number of carboxylic acids is 1. The van der Waals surface area contributed by atoms with Crippen LogP contribution >= 0.6 is 11.6 Å². The lowest BCUT2D eigenvalue weighted by molar-refractivity contribution is -0.143. The Bertz CT molecular complexity index is 1330. The first-order valence-electron chi connectivity index (χ1n) is 11.8. The molecule has 0 bridgehead atoms. The molecule has 35 heavy (non-hydrogen) atoms. The van der Waals surface area contributed by atoms with E-state index in [4.69, 9.17) is 21.1 Å². The van der Waals surface area contributed by atoms with Gasteiger partial charge in [-0.2, -0.15) is 4.98 Å². The number of halogens is 1. The summed E-state index contributed by atoms with van der Waals surface area (Å²) in [5, 5.41) is 9.69. The number of pyridine rings is 1. The average Bonchev–Trinajstić information content (AvgIpc) is 3.25. The second kappa shape index (κ2) is 9.96. The van der Waals surface area contributed by atoms with Crippen molar-refractivity contribution in [2.45, 2.75) is 38.7 Å². The quantitative estimate of drug-likeness (QED) is 0.312. The maximum atomic E-state index is 11.2. The normalized spacial score (nSPS) is 17.9. The number of aromatic nitrogens is 3. The van der Waals surface area contributed by atoms with Crippen LogP contribution in [0.2, 0.25) is 5.02 Å². The van der Waals surface area contributed by atoms with Gasteiger partial charge in [0.1, 0.15) is 11.9 Å². The molecular weight excluding hydrogens is 466 g/mol. The minimum Gasteiger partial charge on any atom is -0.494 e. The molecule has 0 unspecified atom stereocenters. The number of carboxylic acid groups (broad SMARTS) is 1. The van der Waals surface area contributed by atoms with Gasteiger partial charge in [-0.05, 0) is 61.9 Å². The summed E-state index contributed by atoms with van der Waals surface area (Å²) < 4.78 is 11.5. The predicted octanol–water partition coefficient (Wildman–Crippen LogP) is 6.37. The van der Waals surface area contributed by atoms with E-state index in [-0.39, 0.29) is 12.0 Å². The first-order chi connectivity index (χ1) is 17.0. The highest BCUT2D eigenvalue weighted by molar-refractivity contribution is 6.33. The van der Waals surface area contributed by atoms with Gasteiger partial charge in [0.2, 0.25) is 0 Å². The molecular formula is C27H26ClN3O4. The third kappa shape index (κ3) is 5.10. The lowest BCUT2D eigenvalue weighted by Crippen LogP contribution is -2.28. The smallest absolute Gasteiger partial charge is 0.306 e. The monoisotopic (exact) mass is 491 g/mol. The number of benzene rings is 2. The Hall–Kier alpha value is -3.58. The molecule has 0 radical (unpaired) electrons. The molecule has 2 aromatic carbocycles. The maximum absolute atomic E-state index is 11.2. The van der Waals surface area contributed by atoms with Crippen LogP contribution in [0, 0.1) is 5.92 Å². The maximum Gasteiger partial charge on any atom is 0.306 e. The molecule has 1 aliphatic rings. The number of carbonyl (C=O) groups is 1. The third-order valence-electron chi connectivity index (χ3n) is 6.36. The summed E-state index contributed by atoms with van der Waals surface area (Å²) in [6, 6.07) is 18.3. The Labute approximate surface area is 208 Å². The number of aromatic amines is 1. The lowest BCUT2D eigenvalue weighted by atomic mass is 9.87. The van der Waals surface area contributed by atoms with Crippen molar-refractivity contribution in [2.24, 2.45) is 5.92 Å². The van der Waals surface area contributed by atoms with Crippen molar-refractivity contribution >= 4 is 28.7 Å². The largest absolute Gasteiger partial charge is 0.494 e. The number of imidazole rings is 1. The van der Waals surface area contributed by atoms with Gasteiger partial charge in [0, 0.05) is 5.56 Å². The Kier molecular flexibility index (Phi) is 6.59. The van der Waals surface area contributed by atoms with Crippen molar-refractivity contribution < 1.29 is 19.4 Å². The van der Waals surface area contributed by atoms with Gasteiger partial charge in [-0.15, -0.1) is 0 Å². The van der Waals surface area contributed by atoms with Crippen molar-refractivity contribution in [3.8, 4) is 34.1 Å². The van der Waals surface area contributed by atoms with Gasteiger partial charge >= 0.3 is 5.97 Å². The van der Waals surface area contributed by atoms with Crippen LogP contribution in [0.5, 0.6) is 11.8 Å². The molecule has 8 heteroatoms. The molecule has 0 amide bonds. The summed E-state index contributed by atoms with van der Waals surface area (Å²) in [5.41, 5.74) is 4.94. The topological polar surface area (TPSA) is 97.3 Å². The Balaban J connectivity index is 1.32. The van der Waals surface area contributed by atoms with Crippen LogP contribution in [0.25, 0.3) is 33.5 Å². The first-order valence-corrected chi connectivity index (χ1v) is 12.2. The fraction of sp³-hybridized carbons (Fsp3) is 0.296. The van der Waals surface area contributed by atoms with Gasteiger partial charge in [-0.3, -0.25) is 4.79 Å².